The van der Waals surface area contributed by atoms with Gasteiger partial charge in [0.25, 0.3) is 0 Å². The van der Waals surface area contributed by atoms with Gasteiger partial charge in [0.05, 0.1) is 0 Å². The van der Waals surface area contributed by atoms with E-state index in [1.54, 1.807) is 0 Å². The highest BCUT2D eigenvalue weighted by Crippen LogP contribution is 2.43. The summed E-state index contributed by atoms with van der Waals surface area (Å²) in [5.74, 6) is 2.82. The number of fused-ring (bicyclic) bond motifs is 2. The van der Waals surface area contributed by atoms with E-state index in [4.69, 9.17) is 0 Å². The van der Waals surface area contributed by atoms with Gasteiger partial charge in [-0.3, -0.25) is 4.90 Å². The van der Waals surface area contributed by atoms with Gasteiger partial charge in [-0.2, -0.15) is 0 Å². The van der Waals surface area contributed by atoms with E-state index >= 15 is 0 Å². The fraction of sp³-hybridized carbons (Fsp3) is 0.867. The molecule has 3 rings (SSSR count). The van der Waals surface area contributed by atoms with E-state index < -0.39 is 0 Å². The van der Waals surface area contributed by atoms with Crippen LogP contribution in [0.5, 0.6) is 0 Å². The second-order valence-electron chi connectivity index (χ2n) is 6.47. The number of piperazine rings is 1. The molecule has 0 spiro atoms. The minimum Gasteiger partial charge on any atom is -0.300 e. The normalized spacial score (nSPS) is 38.4. The Hall–Kier alpha value is -0.340. The van der Waals surface area contributed by atoms with Gasteiger partial charge in [-0.15, -0.1) is 0 Å². The second-order valence-corrected chi connectivity index (χ2v) is 6.47. The lowest BCUT2D eigenvalue weighted by Crippen LogP contribution is -2.50. The molecule has 0 aromatic rings. The first-order valence-corrected chi connectivity index (χ1v) is 7.37. The standard InChI is InChI=1S/C15H26N2/c1-12(2)17-7-5-16(6-8-17)11-15-10-13-3-4-14(15)9-13/h3-4,12-15H,5-11H2,1-2H3/t13-,14+,15-/m1/s1. The second kappa shape index (κ2) is 4.74. The summed E-state index contributed by atoms with van der Waals surface area (Å²) in [6.45, 7) is 11.1. The summed E-state index contributed by atoms with van der Waals surface area (Å²) in [5.41, 5.74) is 0. The molecule has 1 heterocycles. The van der Waals surface area contributed by atoms with Crippen LogP contribution >= 0.6 is 0 Å². The summed E-state index contributed by atoms with van der Waals surface area (Å²) in [6.07, 6.45) is 7.86. The fourth-order valence-electron chi connectivity index (χ4n) is 3.90. The van der Waals surface area contributed by atoms with Crippen LogP contribution in [-0.4, -0.2) is 48.6 Å². The smallest absolute Gasteiger partial charge is 0.0113 e. The molecule has 2 fully saturated rings. The third kappa shape index (κ3) is 2.43. The maximum atomic E-state index is 2.71. The Kier molecular flexibility index (Phi) is 3.27. The van der Waals surface area contributed by atoms with Gasteiger partial charge in [0.15, 0.2) is 0 Å². The van der Waals surface area contributed by atoms with Crippen LogP contribution < -0.4 is 0 Å². The van der Waals surface area contributed by atoms with Crippen LogP contribution in [0.15, 0.2) is 12.2 Å². The van der Waals surface area contributed by atoms with Crippen LogP contribution in [0, 0.1) is 17.8 Å². The number of hydrogen-bond donors (Lipinski definition) is 0. The molecule has 2 heteroatoms. The summed E-state index contributed by atoms with van der Waals surface area (Å²) in [6, 6.07) is 0.725. The number of hydrogen-bond acceptors (Lipinski definition) is 2. The van der Waals surface area contributed by atoms with Crippen molar-refractivity contribution >= 4 is 0 Å². The Morgan fingerprint density at radius 3 is 2.35 bits per heavy atom. The van der Waals surface area contributed by atoms with Crippen LogP contribution in [-0.2, 0) is 0 Å². The summed E-state index contributed by atoms with van der Waals surface area (Å²) in [7, 11) is 0. The zero-order valence-electron chi connectivity index (χ0n) is 11.3. The van der Waals surface area contributed by atoms with Crippen molar-refractivity contribution in [3.63, 3.8) is 0 Å². The van der Waals surface area contributed by atoms with E-state index in [0.29, 0.717) is 0 Å². The molecule has 96 valence electrons. The predicted octanol–water partition coefficient (Wildman–Crippen LogP) is 2.22. The Labute approximate surface area is 106 Å². The van der Waals surface area contributed by atoms with Crippen LogP contribution in [0.1, 0.15) is 26.7 Å². The molecule has 2 aliphatic carbocycles. The lowest BCUT2D eigenvalue weighted by Gasteiger charge is -2.38. The van der Waals surface area contributed by atoms with Gasteiger partial charge in [-0.25, -0.2) is 0 Å². The zero-order valence-corrected chi connectivity index (χ0v) is 11.3. The van der Waals surface area contributed by atoms with Crippen LogP contribution in [0.2, 0.25) is 0 Å². The molecule has 2 nitrogen and oxygen atoms in total. The highest BCUT2D eigenvalue weighted by molar-refractivity contribution is 5.10. The molecule has 17 heavy (non-hydrogen) atoms. The van der Waals surface area contributed by atoms with Gasteiger partial charge in [0.1, 0.15) is 0 Å². The fourth-order valence-corrected chi connectivity index (χ4v) is 3.90. The van der Waals surface area contributed by atoms with Crippen LogP contribution in [0.25, 0.3) is 0 Å². The number of rotatable bonds is 3. The topological polar surface area (TPSA) is 6.48 Å². The highest BCUT2D eigenvalue weighted by atomic mass is 15.3. The third-order valence-corrected chi connectivity index (χ3v) is 5.05. The molecule has 3 aliphatic rings. The van der Waals surface area contributed by atoms with Gasteiger partial charge in [-0.1, -0.05) is 12.2 Å². The van der Waals surface area contributed by atoms with Gasteiger partial charge in [0.2, 0.25) is 0 Å². The molecule has 0 amide bonds. The molecule has 0 aromatic heterocycles. The average Bonchev–Trinajstić information content (AvgIpc) is 2.91. The molecule has 2 bridgehead atoms. The monoisotopic (exact) mass is 234 g/mol. The van der Waals surface area contributed by atoms with Crippen molar-refractivity contribution in [2.45, 2.75) is 32.7 Å². The Balaban J connectivity index is 1.47. The average molecular weight is 234 g/mol. The van der Waals surface area contributed by atoms with E-state index in [2.05, 4.69) is 35.8 Å². The molecule has 0 unspecified atom stereocenters. The first-order valence-electron chi connectivity index (χ1n) is 7.37. The quantitative estimate of drug-likeness (QED) is 0.691. The lowest BCUT2D eigenvalue weighted by atomic mass is 9.93. The molecular formula is C15H26N2. The largest absolute Gasteiger partial charge is 0.300 e. The number of nitrogens with zero attached hydrogens (tertiary/aromatic N) is 2. The van der Waals surface area contributed by atoms with E-state index in [1.165, 1.54) is 45.6 Å². The summed E-state index contributed by atoms with van der Waals surface area (Å²) in [5, 5.41) is 0. The van der Waals surface area contributed by atoms with Crippen molar-refractivity contribution in [3.05, 3.63) is 12.2 Å². The first-order chi connectivity index (χ1) is 8.22. The Bertz CT molecular complexity index is 289. The minimum absolute atomic E-state index is 0.725. The van der Waals surface area contributed by atoms with Gasteiger partial charge in [0, 0.05) is 38.8 Å². The van der Waals surface area contributed by atoms with E-state index in [-0.39, 0.29) is 0 Å². The molecule has 3 atom stereocenters. The molecule has 0 aromatic carbocycles. The third-order valence-electron chi connectivity index (χ3n) is 5.05. The Morgan fingerprint density at radius 2 is 1.82 bits per heavy atom. The van der Waals surface area contributed by atoms with E-state index in [0.717, 1.165) is 23.8 Å². The van der Waals surface area contributed by atoms with Gasteiger partial charge < -0.3 is 4.90 Å². The van der Waals surface area contributed by atoms with Crippen molar-refractivity contribution in [2.75, 3.05) is 32.7 Å². The molecule has 1 aliphatic heterocycles. The Morgan fingerprint density at radius 1 is 1.06 bits per heavy atom. The lowest BCUT2D eigenvalue weighted by molar-refractivity contribution is 0.0932. The minimum atomic E-state index is 0.725. The molecule has 0 N–H and O–H groups in total. The van der Waals surface area contributed by atoms with Crippen molar-refractivity contribution in [1.82, 2.24) is 9.80 Å². The molecule has 1 saturated heterocycles. The SMILES string of the molecule is CC(C)N1CCN(C[C@H]2C[C@@H]3C=C[C@H]2C3)CC1. The molecule has 1 saturated carbocycles. The zero-order chi connectivity index (χ0) is 11.8. The van der Waals surface area contributed by atoms with Gasteiger partial charge >= 0.3 is 0 Å². The molecule has 0 radical (unpaired) electrons. The summed E-state index contributed by atoms with van der Waals surface area (Å²) >= 11 is 0. The van der Waals surface area contributed by atoms with Crippen molar-refractivity contribution < 1.29 is 0 Å². The maximum absolute atomic E-state index is 2.71. The predicted molar refractivity (Wildman–Crippen MR) is 72.0 cm³/mol. The van der Waals surface area contributed by atoms with E-state index in [1.807, 2.05) is 0 Å². The van der Waals surface area contributed by atoms with Gasteiger partial charge in [-0.05, 0) is 44.4 Å². The van der Waals surface area contributed by atoms with E-state index in [9.17, 15) is 0 Å². The number of allylic oxidation sites excluding steroid dienone is 2. The highest BCUT2D eigenvalue weighted by Gasteiger charge is 2.36. The van der Waals surface area contributed by atoms with Crippen molar-refractivity contribution in [1.29, 1.82) is 0 Å². The molecular weight excluding hydrogens is 208 g/mol. The van der Waals surface area contributed by atoms with Crippen molar-refractivity contribution in [3.8, 4) is 0 Å². The summed E-state index contributed by atoms with van der Waals surface area (Å²) in [4.78, 5) is 5.31. The maximum Gasteiger partial charge on any atom is 0.0113 e. The van der Waals surface area contributed by atoms with Crippen LogP contribution in [0.3, 0.4) is 0 Å². The summed E-state index contributed by atoms with van der Waals surface area (Å²) < 4.78 is 0. The van der Waals surface area contributed by atoms with Crippen LogP contribution in [0.4, 0.5) is 0 Å². The first kappa shape index (κ1) is 11.7. The van der Waals surface area contributed by atoms with Crippen molar-refractivity contribution in [2.24, 2.45) is 17.8 Å².